The maximum absolute atomic E-state index is 5.79. The van der Waals surface area contributed by atoms with Crippen molar-refractivity contribution in [2.75, 3.05) is 43.9 Å². The molecule has 0 spiro atoms. The molecule has 2 N–H and O–H groups in total. The molecule has 0 amide bonds. The fourth-order valence-electron chi connectivity index (χ4n) is 1.93. The van der Waals surface area contributed by atoms with E-state index < -0.39 is 0 Å². The van der Waals surface area contributed by atoms with Crippen LogP contribution in [0, 0.1) is 0 Å². The SMILES string of the molecule is C=Nc1cc(N2CCN(C)CC2)ccc1N. The van der Waals surface area contributed by atoms with Gasteiger partial charge in [0.2, 0.25) is 0 Å². The van der Waals surface area contributed by atoms with Crippen LogP contribution in [0.4, 0.5) is 17.1 Å². The van der Waals surface area contributed by atoms with Gasteiger partial charge in [-0.2, -0.15) is 0 Å². The minimum atomic E-state index is 0.688. The number of anilines is 2. The lowest BCUT2D eigenvalue weighted by Crippen LogP contribution is -2.44. The Morgan fingerprint density at radius 1 is 1.25 bits per heavy atom. The molecule has 0 aromatic heterocycles. The maximum atomic E-state index is 5.79. The molecule has 0 bridgehead atoms. The summed E-state index contributed by atoms with van der Waals surface area (Å²) in [5.74, 6) is 0. The average molecular weight is 218 g/mol. The molecule has 0 unspecified atom stereocenters. The van der Waals surface area contributed by atoms with Gasteiger partial charge in [0.25, 0.3) is 0 Å². The number of nitrogen functional groups attached to an aromatic ring is 1. The number of aliphatic imine (C=N–C) groups is 1. The molecular weight excluding hydrogens is 200 g/mol. The van der Waals surface area contributed by atoms with Crippen LogP contribution in [0.5, 0.6) is 0 Å². The van der Waals surface area contributed by atoms with Gasteiger partial charge in [0.15, 0.2) is 0 Å². The smallest absolute Gasteiger partial charge is 0.0872 e. The number of nitrogens with zero attached hydrogens (tertiary/aromatic N) is 3. The number of rotatable bonds is 2. The Hall–Kier alpha value is -1.55. The van der Waals surface area contributed by atoms with Gasteiger partial charge in [-0.15, -0.1) is 0 Å². The monoisotopic (exact) mass is 218 g/mol. The molecule has 1 aliphatic rings. The second-order valence-electron chi connectivity index (χ2n) is 4.19. The van der Waals surface area contributed by atoms with Crippen LogP contribution >= 0.6 is 0 Å². The molecule has 0 aliphatic carbocycles. The lowest BCUT2D eigenvalue weighted by molar-refractivity contribution is 0.313. The van der Waals surface area contributed by atoms with E-state index in [9.17, 15) is 0 Å². The van der Waals surface area contributed by atoms with E-state index >= 15 is 0 Å². The second kappa shape index (κ2) is 4.53. The quantitative estimate of drug-likeness (QED) is 0.602. The molecule has 4 nitrogen and oxygen atoms in total. The highest BCUT2D eigenvalue weighted by molar-refractivity contribution is 5.71. The Morgan fingerprint density at radius 3 is 2.56 bits per heavy atom. The standard InChI is InChI=1S/C12H18N4/c1-14-12-9-10(3-4-11(12)13)16-7-5-15(2)6-8-16/h3-4,9H,1,5-8,13H2,2H3. The summed E-state index contributed by atoms with van der Waals surface area (Å²) in [6, 6.07) is 5.96. The van der Waals surface area contributed by atoms with Crippen molar-refractivity contribution in [3.8, 4) is 0 Å². The molecule has 1 heterocycles. The van der Waals surface area contributed by atoms with Crippen molar-refractivity contribution in [1.29, 1.82) is 0 Å². The van der Waals surface area contributed by atoms with Gasteiger partial charge in [-0.25, -0.2) is 0 Å². The predicted molar refractivity (Wildman–Crippen MR) is 69.8 cm³/mol. The highest BCUT2D eigenvalue weighted by Crippen LogP contribution is 2.27. The first kappa shape index (κ1) is 11.0. The molecule has 1 saturated heterocycles. The van der Waals surface area contributed by atoms with Gasteiger partial charge in [-0.05, 0) is 32.0 Å². The maximum Gasteiger partial charge on any atom is 0.0872 e. The molecule has 1 aromatic carbocycles. The number of hydrogen-bond acceptors (Lipinski definition) is 4. The summed E-state index contributed by atoms with van der Waals surface area (Å²) < 4.78 is 0. The summed E-state index contributed by atoms with van der Waals surface area (Å²) in [5, 5.41) is 0. The van der Waals surface area contributed by atoms with Crippen molar-refractivity contribution < 1.29 is 0 Å². The topological polar surface area (TPSA) is 44.9 Å². The third-order valence-corrected chi connectivity index (χ3v) is 3.05. The number of nitrogens with two attached hydrogens (primary N) is 1. The van der Waals surface area contributed by atoms with Crippen LogP contribution in [0.15, 0.2) is 23.2 Å². The van der Waals surface area contributed by atoms with E-state index in [1.807, 2.05) is 12.1 Å². The van der Waals surface area contributed by atoms with Crippen molar-refractivity contribution in [3.05, 3.63) is 18.2 Å². The van der Waals surface area contributed by atoms with Crippen LogP contribution in [0.3, 0.4) is 0 Å². The molecule has 0 saturated carbocycles. The first-order valence-corrected chi connectivity index (χ1v) is 5.50. The van der Waals surface area contributed by atoms with Crippen LogP contribution in [0.25, 0.3) is 0 Å². The Labute approximate surface area is 96.4 Å². The highest BCUT2D eigenvalue weighted by Gasteiger charge is 2.14. The molecular formula is C12H18N4. The minimum absolute atomic E-state index is 0.688. The third-order valence-electron chi connectivity index (χ3n) is 3.05. The highest BCUT2D eigenvalue weighted by atomic mass is 15.2. The van der Waals surface area contributed by atoms with E-state index in [4.69, 9.17) is 5.73 Å². The molecule has 0 radical (unpaired) electrons. The van der Waals surface area contributed by atoms with Gasteiger partial charge in [0.1, 0.15) is 0 Å². The summed E-state index contributed by atoms with van der Waals surface area (Å²) in [7, 11) is 2.15. The zero-order chi connectivity index (χ0) is 11.5. The van der Waals surface area contributed by atoms with Crippen molar-refractivity contribution >= 4 is 23.8 Å². The van der Waals surface area contributed by atoms with Gasteiger partial charge in [0, 0.05) is 31.9 Å². The number of likely N-dealkylation sites (N-methyl/N-ethyl adjacent to an activating group) is 1. The van der Waals surface area contributed by atoms with E-state index in [-0.39, 0.29) is 0 Å². The molecule has 4 heteroatoms. The van der Waals surface area contributed by atoms with Gasteiger partial charge < -0.3 is 15.5 Å². The van der Waals surface area contributed by atoms with Crippen molar-refractivity contribution in [3.63, 3.8) is 0 Å². The zero-order valence-corrected chi connectivity index (χ0v) is 9.69. The predicted octanol–water partition coefficient (Wildman–Crippen LogP) is 1.35. The number of benzene rings is 1. The summed E-state index contributed by atoms with van der Waals surface area (Å²) in [6.07, 6.45) is 0. The van der Waals surface area contributed by atoms with E-state index in [0.717, 1.165) is 31.9 Å². The fraction of sp³-hybridized carbons (Fsp3) is 0.417. The zero-order valence-electron chi connectivity index (χ0n) is 9.69. The van der Waals surface area contributed by atoms with Crippen molar-refractivity contribution in [2.45, 2.75) is 0 Å². The van der Waals surface area contributed by atoms with E-state index in [2.05, 4.69) is 34.6 Å². The van der Waals surface area contributed by atoms with Crippen LogP contribution in [-0.4, -0.2) is 44.8 Å². The second-order valence-corrected chi connectivity index (χ2v) is 4.19. The van der Waals surface area contributed by atoms with E-state index in [1.54, 1.807) is 0 Å². The third kappa shape index (κ3) is 2.17. The molecule has 86 valence electrons. The summed E-state index contributed by atoms with van der Waals surface area (Å²) in [6.45, 7) is 7.84. The van der Waals surface area contributed by atoms with Crippen molar-refractivity contribution in [2.24, 2.45) is 4.99 Å². The summed E-state index contributed by atoms with van der Waals surface area (Å²) in [4.78, 5) is 8.62. The van der Waals surface area contributed by atoms with Gasteiger partial charge in [-0.3, -0.25) is 4.99 Å². The van der Waals surface area contributed by atoms with Crippen molar-refractivity contribution in [1.82, 2.24) is 4.90 Å². The van der Waals surface area contributed by atoms with Crippen LogP contribution in [0.2, 0.25) is 0 Å². The van der Waals surface area contributed by atoms with Crippen LogP contribution in [0.1, 0.15) is 0 Å². The molecule has 16 heavy (non-hydrogen) atoms. The minimum Gasteiger partial charge on any atom is -0.397 e. The Morgan fingerprint density at radius 2 is 1.94 bits per heavy atom. The van der Waals surface area contributed by atoms with E-state index in [0.29, 0.717) is 5.69 Å². The Kier molecular flexibility index (Phi) is 3.10. The summed E-state index contributed by atoms with van der Waals surface area (Å²) in [5.41, 5.74) is 8.44. The van der Waals surface area contributed by atoms with Gasteiger partial charge >= 0.3 is 0 Å². The number of hydrogen-bond donors (Lipinski definition) is 1. The normalized spacial score (nSPS) is 17.4. The lowest BCUT2D eigenvalue weighted by atomic mass is 10.2. The average Bonchev–Trinajstić information content (AvgIpc) is 2.31. The van der Waals surface area contributed by atoms with Crippen LogP contribution in [-0.2, 0) is 0 Å². The molecule has 2 rings (SSSR count). The lowest BCUT2D eigenvalue weighted by Gasteiger charge is -2.34. The Bertz CT molecular complexity index is 381. The largest absolute Gasteiger partial charge is 0.397 e. The number of piperazine rings is 1. The molecule has 1 fully saturated rings. The fourth-order valence-corrected chi connectivity index (χ4v) is 1.93. The van der Waals surface area contributed by atoms with Gasteiger partial charge in [-0.1, -0.05) is 0 Å². The molecule has 1 aliphatic heterocycles. The summed E-state index contributed by atoms with van der Waals surface area (Å²) >= 11 is 0. The molecule has 1 aromatic rings. The Balaban J connectivity index is 2.17. The molecule has 0 atom stereocenters. The first-order chi connectivity index (χ1) is 7.70. The van der Waals surface area contributed by atoms with E-state index in [1.165, 1.54) is 5.69 Å². The van der Waals surface area contributed by atoms with Gasteiger partial charge in [0.05, 0.1) is 11.4 Å². The first-order valence-electron chi connectivity index (χ1n) is 5.50. The van der Waals surface area contributed by atoms with Crippen LogP contribution < -0.4 is 10.6 Å².